The molecule has 0 spiro atoms. The van der Waals surface area contributed by atoms with E-state index in [0.717, 1.165) is 22.5 Å². The molecule has 9 heteroatoms. The Kier molecular flexibility index (Phi) is 7.45. The third-order valence-corrected chi connectivity index (χ3v) is 6.00. The summed E-state index contributed by atoms with van der Waals surface area (Å²) in [5.41, 5.74) is 1.60. The van der Waals surface area contributed by atoms with E-state index >= 15 is 0 Å². The molecule has 0 radical (unpaired) electrons. The molecule has 192 valence electrons. The van der Waals surface area contributed by atoms with Crippen LogP contribution >= 0.6 is 0 Å². The summed E-state index contributed by atoms with van der Waals surface area (Å²) in [6.45, 7) is 6.41. The molecule has 0 aliphatic carbocycles. The molecule has 0 saturated heterocycles. The van der Waals surface area contributed by atoms with Gasteiger partial charge < -0.3 is 14.1 Å². The lowest BCUT2D eigenvalue weighted by Crippen LogP contribution is -2.13. The number of ketones is 1. The second-order valence-electron chi connectivity index (χ2n) is 8.44. The van der Waals surface area contributed by atoms with E-state index < -0.39 is 29.1 Å². The molecule has 3 aromatic carbocycles. The van der Waals surface area contributed by atoms with Gasteiger partial charge in [-0.3, -0.25) is 4.79 Å². The van der Waals surface area contributed by atoms with Crippen molar-refractivity contribution in [2.75, 3.05) is 13.2 Å². The van der Waals surface area contributed by atoms with Crippen LogP contribution in [0.15, 0.2) is 65.8 Å². The Balaban J connectivity index is 1.88. The third-order valence-electron chi connectivity index (χ3n) is 6.00. The van der Waals surface area contributed by atoms with Crippen molar-refractivity contribution < 1.29 is 32.3 Å². The molecule has 1 heterocycles. The highest BCUT2D eigenvalue weighted by atomic mass is 19.4. The zero-order valence-electron chi connectivity index (χ0n) is 20.6. The van der Waals surface area contributed by atoms with Crippen molar-refractivity contribution in [1.82, 2.24) is 4.57 Å². The third kappa shape index (κ3) is 5.41. The fourth-order valence-corrected chi connectivity index (χ4v) is 4.28. The highest BCUT2D eigenvalue weighted by molar-refractivity contribution is 6.16. The van der Waals surface area contributed by atoms with Crippen LogP contribution < -0.4 is 0 Å². The molecule has 4 rings (SSSR count). The maximum absolute atomic E-state index is 13.6. The molecule has 0 fully saturated rings. The fourth-order valence-electron chi connectivity index (χ4n) is 4.28. The van der Waals surface area contributed by atoms with Crippen LogP contribution in [0.5, 0.6) is 0 Å². The lowest BCUT2D eigenvalue weighted by Gasteiger charge is -2.12. The molecule has 37 heavy (non-hydrogen) atoms. The first-order chi connectivity index (χ1) is 17.6. The fraction of sp³-hybridized carbons (Fsp3) is 0.250. The van der Waals surface area contributed by atoms with E-state index in [2.05, 4.69) is 5.16 Å². The number of carbonyl (C=O) groups excluding carboxylic acids is 2. The average molecular weight is 511 g/mol. The van der Waals surface area contributed by atoms with Crippen LogP contribution in [0.25, 0.3) is 21.8 Å². The first-order valence-electron chi connectivity index (χ1n) is 11.7. The first-order valence-corrected chi connectivity index (χ1v) is 11.7. The number of nitrogens with zero attached hydrogens (tertiary/aromatic N) is 2. The second kappa shape index (κ2) is 10.6. The molecule has 0 aliphatic heterocycles. The Hall–Kier alpha value is -3.98. The minimum atomic E-state index is -4.65. The van der Waals surface area contributed by atoms with E-state index in [1.807, 2.05) is 29.7 Å². The van der Waals surface area contributed by atoms with Gasteiger partial charge in [-0.25, -0.2) is 4.79 Å². The Morgan fingerprint density at radius 1 is 0.919 bits per heavy atom. The molecule has 1 aromatic heterocycles. The maximum atomic E-state index is 13.6. The SMILES string of the molecule is CCOCCn1c2ccc(C(=O)c3ccccc3C(F)(F)F)cc2c2cc(/C(C)=N/OC(C)=O)ccc21. The zero-order valence-corrected chi connectivity index (χ0v) is 20.6. The molecular weight excluding hydrogens is 485 g/mol. The van der Waals surface area contributed by atoms with Gasteiger partial charge in [0.05, 0.1) is 17.9 Å². The Morgan fingerprint density at radius 2 is 1.54 bits per heavy atom. The topological polar surface area (TPSA) is 69.9 Å². The molecule has 0 saturated carbocycles. The minimum Gasteiger partial charge on any atom is -0.380 e. The van der Waals surface area contributed by atoms with Gasteiger partial charge in [-0.1, -0.05) is 29.4 Å². The van der Waals surface area contributed by atoms with E-state index in [1.165, 1.54) is 25.1 Å². The Labute approximate surface area is 211 Å². The van der Waals surface area contributed by atoms with Gasteiger partial charge in [-0.2, -0.15) is 13.2 Å². The quantitative estimate of drug-likeness (QED) is 0.0908. The van der Waals surface area contributed by atoms with Crippen LogP contribution in [0.1, 0.15) is 47.8 Å². The van der Waals surface area contributed by atoms with E-state index in [1.54, 1.807) is 25.1 Å². The number of fused-ring (bicyclic) bond motifs is 3. The summed E-state index contributed by atoms with van der Waals surface area (Å²) in [5.74, 6) is -1.26. The van der Waals surface area contributed by atoms with Crippen molar-refractivity contribution >= 4 is 39.3 Å². The highest BCUT2D eigenvalue weighted by Gasteiger charge is 2.35. The Bertz CT molecular complexity index is 1520. The zero-order chi connectivity index (χ0) is 26.7. The number of benzene rings is 3. The number of aromatic nitrogens is 1. The monoisotopic (exact) mass is 510 g/mol. The predicted octanol–water partition coefficient (Wildman–Crippen LogP) is 6.37. The molecule has 6 nitrogen and oxygen atoms in total. The number of halogens is 3. The van der Waals surface area contributed by atoms with E-state index in [9.17, 15) is 22.8 Å². The van der Waals surface area contributed by atoms with Crippen molar-refractivity contribution in [3.8, 4) is 0 Å². The predicted molar refractivity (Wildman–Crippen MR) is 135 cm³/mol. The van der Waals surface area contributed by atoms with Crippen molar-refractivity contribution in [3.63, 3.8) is 0 Å². The highest BCUT2D eigenvalue weighted by Crippen LogP contribution is 2.35. The van der Waals surface area contributed by atoms with Crippen LogP contribution in [0.3, 0.4) is 0 Å². The van der Waals surface area contributed by atoms with Gasteiger partial charge >= 0.3 is 12.1 Å². The van der Waals surface area contributed by atoms with Crippen molar-refractivity contribution in [2.24, 2.45) is 5.16 Å². The van der Waals surface area contributed by atoms with Gasteiger partial charge in [0.2, 0.25) is 0 Å². The smallest absolute Gasteiger partial charge is 0.380 e. The summed E-state index contributed by atoms with van der Waals surface area (Å²) in [6.07, 6.45) is -4.65. The summed E-state index contributed by atoms with van der Waals surface area (Å²) < 4.78 is 48.3. The molecule has 4 aromatic rings. The molecule has 0 aliphatic rings. The Morgan fingerprint density at radius 3 is 2.16 bits per heavy atom. The van der Waals surface area contributed by atoms with E-state index in [4.69, 9.17) is 9.57 Å². The number of hydrogen-bond acceptors (Lipinski definition) is 5. The van der Waals surface area contributed by atoms with E-state index in [0.29, 0.717) is 36.4 Å². The van der Waals surface area contributed by atoms with Crippen LogP contribution in [-0.2, 0) is 27.1 Å². The minimum absolute atomic E-state index is 0.142. The summed E-state index contributed by atoms with van der Waals surface area (Å²) in [7, 11) is 0. The summed E-state index contributed by atoms with van der Waals surface area (Å²) in [6, 6.07) is 15.3. The van der Waals surface area contributed by atoms with Gasteiger partial charge in [0.1, 0.15) is 0 Å². The van der Waals surface area contributed by atoms with Crippen molar-refractivity contribution in [1.29, 1.82) is 0 Å². The van der Waals surface area contributed by atoms with E-state index in [-0.39, 0.29) is 5.56 Å². The van der Waals surface area contributed by atoms with Crippen LogP contribution in [0.2, 0.25) is 0 Å². The van der Waals surface area contributed by atoms with Crippen molar-refractivity contribution in [2.45, 2.75) is 33.5 Å². The number of carbonyl (C=O) groups is 2. The number of alkyl halides is 3. The lowest BCUT2D eigenvalue weighted by atomic mass is 9.96. The van der Waals surface area contributed by atoms with Gasteiger partial charge in [0.15, 0.2) is 5.78 Å². The molecule has 0 N–H and O–H groups in total. The van der Waals surface area contributed by atoms with Gasteiger partial charge in [-0.15, -0.1) is 0 Å². The van der Waals surface area contributed by atoms with Crippen molar-refractivity contribution in [3.05, 3.63) is 82.9 Å². The normalized spacial score (nSPS) is 12.3. The average Bonchev–Trinajstić information content (AvgIpc) is 3.18. The number of ether oxygens (including phenoxy) is 1. The maximum Gasteiger partial charge on any atom is 0.417 e. The molecular formula is C28H25F3N2O4. The molecule has 0 bridgehead atoms. The van der Waals surface area contributed by atoms with Gasteiger partial charge in [0.25, 0.3) is 0 Å². The lowest BCUT2D eigenvalue weighted by molar-refractivity contribution is -0.141. The second-order valence-corrected chi connectivity index (χ2v) is 8.44. The first kappa shape index (κ1) is 26.1. The number of hydrogen-bond donors (Lipinski definition) is 0. The summed E-state index contributed by atoms with van der Waals surface area (Å²) in [4.78, 5) is 29.2. The van der Waals surface area contributed by atoms with Gasteiger partial charge in [0, 0.05) is 53.0 Å². The summed E-state index contributed by atoms with van der Waals surface area (Å²) >= 11 is 0. The number of rotatable bonds is 8. The summed E-state index contributed by atoms with van der Waals surface area (Å²) in [5, 5.41) is 5.32. The van der Waals surface area contributed by atoms with Crippen LogP contribution in [-0.4, -0.2) is 35.2 Å². The molecule has 0 atom stereocenters. The van der Waals surface area contributed by atoms with Gasteiger partial charge in [-0.05, 0) is 55.8 Å². The molecule has 0 amide bonds. The largest absolute Gasteiger partial charge is 0.417 e. The van der Waals surface area contributed by atoms with Crippen LogP contribution in [0.4, 0.5) is 13.2 Å². The standard InChI is InChI=1S/C28H25F3N2O4/c1-4-36-14-13-33-25-11-9-19(17(2)32-37-18(3)34)15-22(25)23-16-20(10-12-26(23)33)27(35)21-7-5-6-8-24(21)28(29,30)31/h5-12,15-16H,4,13-14H2,1-3H3/b32-17+. The number of oxime groups is 1. The molecule has 0 unspecified atom stereocenters. The van der Waals surface area contributed by atoms with Crippen LogP contribution in [0, 0.1) is 0 Å².